The van der Waals surface area contributed by atoms with Crippen molar-refractivity contribution in [2.45, 2.75) is 17.4 Å². The molecule has 0 aliphatic rings. The Morgan fingerprint density at radius 2 is 2.00 bits per heavy atom. The third-order valence-corrected chi connectivity index (χ3v) is 4.93. The number of H-pyrrole nitrogens is 1. The van der Waals surface area contributed by atoms with E-state index in [4.69, 9.17) is 4.74 Å². The fraction of sp³-hybridized carbons (Fsp3) is 0.167. The molecule has 7 nitrogen and oxygen atoms in total. The van der Waals surface area contributed by atoms with E-state index >= 15 is 0 Å². The summed E-state index contributed by atoms with van der Waals surface area (Å²) in [4.78, 5) is 26.5. The number of nitrogens with one attached hydrogen (secondary N) is 2. The molecule has 134 valence electrons. The fourth-order valence-corrected chi connectivity index (χ4v) is 3.51. The number of hydrogen-bond donors (Lipinski definition) is 2. The molecule has 0 bridgehead atoms. The Hall–Kier alpha value is -2.84. The predicted octanol–water partition coefficient (Wildman–Crippen LogP) is 3.46. The number of aromatic amines is 1. The maximum Gasteiger partial charge on any atom is 0.324 e. The zero-order valence-corrected chi connectivity index (χ0v) is 14.8. The normalized spacial score (nSPS) is 12.0. The summed E-state index contributed by atoms with van der Waals surface area (Å²) in [6, 6.07) is 13.5. The molecule has 0 radical (unpaired) electrons. The number of nitrogens with zero attached hydrogens (tertiary/aromatic N) is 1. The second-order valence-corrected chi connectivity index (χ2v) is 6.46. The van der Waals surface area contributed by atoms with Crippen molar-refractivity contribution >= 4 is 34.5 Å². The van der Waals surface area contributed by atoms with Gasteiger partial charge in [-0.3, -0.25) is 14.9 Å². The molecule has 1 aromatic heterocycles. The van der Waals surface area contributed by atoms with Crippen LogP contribution >= 0.6 is 11.9 Å². The Morgan fingerprint density at radius 3 is 2.77 bits per heavy atom. The van der Waals surface area contributed by atoms with Gasteiger partial charge in [-0.05, 0) is 29.6 Å². The van der Waals surface area contributed by atoms with Crippen LogP contribution in [0.15, 0.2) is 59.6 Å². The molecule has 2 aromatic carbocycles. The summed E-state index contributed by atoms with van der Waals surface area (Å²) in [5.74, 6) is -0.429. The van der Waals surface area contributed by atoms with E-state index in [9.17, 15) is 14.9 Å². The third kappa shape index (κ3) is 3.87. The Morgan fingerprint density at radius 1 is 1.27 bits per heavy atom. The summed E-state index contributed by atoms with van der Waals surface area (Å²) in [5.41, 5.74) is 1.94. The predicted molar refractivity (Wildman–Crippen MR) is 99.9 cm³/mol. The summed E-state index contributed by atoms with van der Waals surface area (Å²) < 4.78 is 7.89. The van der Waals surface area contributed by atoms with Crippen LogP contribution in [0.4, 0.5) is 5.69 Å². The van der Waals surface area contributed by atoms with Crippen molar-refractivity contribution in [3.63, 3.8) is 0 Å². The standard InChI is InChI=1S/C18H17N3O4S/c1-25-18(22)15(10-12-11-19-14-7-3-2-6-13(12)14)20-26-17-9-5-4-8-16(17)21(23)24/h2-9,11,15,19-20H,10H2,1H3/t15-/m0/s1. The summed E-state index contributed by atoms with van der Waals surface area (Å²) in [5, 5.41) is 12.2. The van der Waals surface area contributed by atoms with Gasteiger partial charge in [0.25, 0.3) is 5.69 Å². The molecule has 2 N–H and O–H groups in total. The minimum Gasteiger partial charge on any atom is -0.468 e. The average molecular weight is 371 g/mol. The van der Waals surface area contributed by atoms with Gasteiger partial charge >= 0.3 is 5.97 Å². The van der Waals surface area contributed by atoms with E-state index in [1.807, 2.05) is 30.5 Å². The lowest BCUT2D eigenvalue weighted by molar-refractivity contribution is -0.387. The zero-order chi connectivity index (χ0) is 18.5. The van der Waals surface area contributed by atoms with Crippen LogP contribution in [-0.2, 0) is 16.0 Å². The number of nitro benzene ring substituents is 1. The van der Waals surface area contributed by atoms with E-state index < -0.39 is 16.9 Å². The number of benzene rings is 2. The third-order valence-electron chi connectivity index (χ3n) is 3.96. The van der Waals surface area contributed by atoms with E-state index in [2.05, 4.69) is 9.71 Å². The summed E-state index contributed by atoms with van der Waals surface area (Å²) in [7, 11) is 1.32. The van der Waals surface area contributed by atoms with Crippen LogP contribution in [-0.4, -0.2) is 29.0 Å². The SMILES string of the molecule is COC(=O)[C@H](Cc1c[nH]c2ccccc12)NSc1ccccc1[N+](=O)[O-]. The number of para-hydroxylation sites is 2. The molecule has 0 amide bonds. The van der Waals surface area contributed by atoms with E-state index in [1.165, 1.54) is 13.2 Å². The Kier molecular flexibility index (Phi) is 5.55. The largest absolute Gasteiger partial charge is 0.468 e. The first-order chi connectivity index (χ1) is 12.6. The lowest BCUT2D eigenvalue weighted by atomic mass is 10.1. The first kappa shape index (κ1) is 18.0. The number of rotatable bonds is 7. The number of carbonyl (C=O) groups is 1. The highest BCUT2D eigenvalue weighted by Crippen LogP contribution is 2.28. The number of ether oxygens (including phenoxy) is 1. The van der Waals surface area contributed by atoms with Gasteiger partial charge in [-0.25, -0.2) is 4.72 Å². The van der Waals surface area contributed by atoms with Crippen LogP contribution in [0.5, 0.6) is 0 Å². The number of carbonyl (C=O) groups excluding carboxylic acids is 1. The van der Waals surface area contributed by atoms with Crippen molar-refractivity contribution in [1.29, 1.82) is 0 Å². The zero-order valence-electron chi connectivity index (χ0n) is 14.0. The van der Waals surface area contributed by atoms with Gasteiger partial charge in [0.15, 0.2) is 0 Å². The van der Waals surface area contributed by atoms with E-state index in [1.54, 1.807) is 18.2 Å². The minimum atomic E-state index is -0.649. The number of aromatic nitrogens is 1. The topological polar surface area (TPSA) is 97.3 Å². The molecule has 0 fully saturated rings. The fourth-order valence-electron chi connectivity index (χ4n) is 2.66. The van der Waals surface area contributed by atoms with Crippen LogP contribution in [0.2, 0.25) is 0 Å². The molecule has 0 aliphatic heterocycles. The average Bonchev–Trinajstić information content (AvgIpc) is 3.07. The summed E-state index contributed by atoms with van der Waals surface area (Å²) in [6.45, 7) is 0. The van der Waals surface area contributed by atoms with Gasteiger partial charge in [-0.15, -0.1) is 0 Å². The molecule has 26 heavy (non-hydrogen) atoms. The molecule has 0 saturated carbocycles. The highest BCUT2D eigenvalue weighted by molar-refractivity contribution is 7.97. The summed E-state index contributed by atoms with van der Waals surface area (Å²) >= 11 is 1.05. The molecule has 3 aromatic rings. The number of nitro groups is 1. The van der Waals surface area contributed by atoms with Gasteiger partial charge in [-0.2, -0.15) is 0 Å². The lowest BCUT2D eigenvalue weighted by Gasteiger charge is -2.15. The highest BCUT2D eigenvalue weighted by Gasteiger charge is 2.23. The van der Waals surface area contributed by atoms with Gasteiger partial charge in [0.1, 0.15) is 10.9 Å². The van der Waals surface area contributed by atoms with E-state index in [0.717, 1.165) is 28.4 Å². The molecule has 8 heteroatoms. The first-order valence-corrected chi connectivity index (χ1v) is 8.70. The number of fused-ring (bicyclic) bond motifs is 1. The number of methoxy groups -OCH3 is 1. The van der Waals surface area contributed by atoms with Crippen LogP contribution in [0.1, 0.15) is 5.56 Å². The smallest absolute Gasteiger partial charge is 0.324 e. The molecule has 0 aliphatic carbocycles. The second kappa shape index (κ2) is 8.03. The van der Waals surface area contributed by atoms with Gasteiger partial charge < -0.3 is 9.72 Å². The van der Waals surface area contributed by atoms with E-state index in [0.29, 0.717) is 11.3 Å². The van der Waals surface area contributed by atoms with Crippen molar-refractivity contribution in [2.24, 2.45) is 0 Å². The maximum absolute atomic E-state index is 12.2. The maximum atomic E-state index is 12.2. The van der Waals surface area contributed by atoms with Crippen molar-refractivity contribution in [1.82, 2.24) is 9.71 Å². The van der Waals surface area contributed by atoms with Crippen LogP contribution in [0.3, 0.4) is 0 Å². The van der Waals surface area contributed by atoms with Gasteiger partial charge in [0, 0.05) is 29.6 Å². The highest BCUT2D eigenvalue weighted by atomic mass is 32.2. The molecule has 3 rings (SSSR count). The minimum absolute atomic E-state index is 0.0132. The molecular weight excluding hydrogens is 354 g/mol. The molecule has 0 saturated heterocycles. The molecule has 0 spiro atoms. The van der Waals surface area contributed by atoms with Gasteiger partial charge in [-0.1, -0.05) is 30.3 Å². The number of hydrogen-bond acceptors (Lipinski definition) is 6. The van der Waals surface area contributed by atoms with Gasteiger partial charge in [0.2, 0.25) is 0 Å². The van der Waals surface area contributed by atoms with Crippen molar-refractivity contribution in [3.05, 3.63) is 70.4 Å². The first-order valence-electron chi connectivity index (χ1n) is 7.88. The second-order valence-electron chi connectivity index (χ2n) is 5.58. The molecule has 1 heterocycles. The Bertz CT molecular complexity index is 941. The molecule has 0 unspecified atom stereocenters. The van der Waals surface area contributed by atoms with E-state index in [-0.39, 0.29) is 5.69 Å². The van der Waals surface area contributed by atoms with Crippen molar-refractivity contribution < 1.29 is 14.5 Å². The lowest BCUT2D eigenvalue weighted by Crippen LogP contribution is -2.35. The van der Waals surface area contributed by atoms with Gasteiger partial charge in [0.05, 0.1) is 12.0 Å². The Balaban J connectivity index is 1.79. The summed E-state index contributed by atoms with van der Waals surface area (Å²) in [6.07, 6.45) is 2.25. The molecular formula is C18H17N3O4S. The van der Waals surface area contributed by atoms with Crippen molar-refractivity contribution in [2.75, 3.05) is 7.11 Å². The molecule has 1 atom stereocenters. The quantitative estimate of drug-likeness (QED) is 0.286. The number of esters is 1. The Labute approximate surface area is 154 Å². The van der Waals surface area contributed by atoms with Crippen molar-refractivity contribution in [3.8, 4) is 0 Å². The monoisotopic (exact) mass is 371 g/mol. The van der Waals surface area contributed by atoms with Crippen LogP contribution in [0, 0.1) is 10.1 Å². The van der Waals surface area contributed by atoms with Crippen LogP contribution in [0.25, 0.3) is 10.9 Å². The van der Waals surface area contributed by atoms with Crippen LogP contribution < -0.4 is 4.72 Å².